The first-order valence-electron chi connectivity index (χ1n) is 7.36. The van der Waals surface area contributed by atoms with Crippen LogP contribution in [-0.2, 0) is 4.74 Å². The van der Waals surface area contributed by atoms with Gasteiger partial charge in [-0.3, -0.25) is 0 Å². The molecule has 2 atom stereocenters. The van der Waals surface area contributed by atoms with Crippen molar-refractivity contribution in [3.05, 3.63) is 0 Å². The number of carbonyl (C=O) groups excluding carboxylic acids is 1. The molecule has 0 radical (unpaired) electrons. The maximum Gasteiger partial charge on any atom is 0.407 e. The molecule has 1 N–H and O–H groups in total. The first-order chi connectivity index (χ1) is 8.71. The SMILES string of the molecule is CCOC(=O)NC1CC(CC)CN(CC2CC2)C1. The number of likely N-dealkylation sites (tertiary alicyclic amines) is 1. The number of alkyl carbamates (subject to hydrolysis) is 1. The van der Waals surface area contributed by atoms with Crippen LogP contribution in [0.5, 0.6) is 0 Å². The van der Waals surface area contributed by atoms with Gasteiger partial charge < -0.3 is 15.0 Å². The van der Waals surface area contributed by atoms with Crippen LogP contribution in [0.4, 0.5) is 4.79 Å². The van der Waals surface area contributed by atoms with Gasteiger partial charge in [0.15, 0.2) is 0 Å². The van der Waals surface area contributed by atoms with Crippen molar-refractivity contribution in [2.24, 2.45) is 11.8 Å². The predicted octanol–water partition coefficient (Wildman–Crippen LogP) is 2.24. The Hall–Kier alpha value is -0.770. The van der Waals surface area contributed by atoms with Gasteiger partial charge in [-0.1, -0.05) is 13.3 Å². The fourth-order valence-electron chi connectivity index (χ4n) is 2.86. The summed E-state index contributed by atoms with van der Waals surface area (Å²) in [4.78, 5) is 14.0. The van der Waals surface area contributed by atoms with Crippen molar-refractivity contribution in [1.29, 1.82) is 0 Å². The number of amides is 1. The van der Waals surface area contributed by atoms with Crippen molar-refractivity contribution >= 4 is 6.09 Å². The number of carbonyl (C=O) groups is 1. The fourth-order valence-corrected chi connectivity index (χ4v) is 2.86. The van der Waals surface area contributed by atoms with E-state index in [1.54, 1.807) is 0 Å². The standard InChI is InChI=1S/C14H26N2O2/c1-3-11-7-13(15-14(17)18-4-2)10-16(8-11)9-12-5-6-12/h11-13H,3-10H2,1-2H3,(H,15,17). The Morgan fingerprint density at radius 1 is 1.28 bits per heavy atom. The van der Waals surface area contributed by atoms with Crippen molar-refractivity contribution in [2.45, 2.75) is 45.6 Å². The second-order valence-corrected chi connectivity index (χ2v) is 5.73. The molecular formula is C14H26N2O2. The van der Waals surface area contributed by atoms with E-state index in [9.17, 15) is 4.79 Å². The summed E-state index contributed by atoms with van der Waals surface area (Å²) in [5.74, 6) is 1.63. The smallest absolute Gasteiger partial charge is 0.407 e. The van der Waals surface area contributed by atoms with Crippen LogP contribution < -0.4 is 5.32 Å². The Kier molecular flexibility index (Phi) is 4.87. The zero-order valence-corrected chi connectivity index (χ0v) is 11.7. The van der Waals surface area contributed by atoms with Gasteiger partial charge in [0.1, 0.15) is 0 Å². The summed E-state index contributed by atoms with van der Waals surface area (Å²) in [7, 11) is 0. The monoisotopic (exact) mass is 254 g/mol. The van der Waals surface area contributed by atoms with Gasteiger partial charge in [-0.15, -0.1) is 0 Å². The minimum absolute atomic E-state index is 0.259. The molecule has 2 aliphatic rings. The van der Waals surface area contributed by atoms with E-state index >= 15 is 0 Å². The molecule has 1 saturated carbocycles. The first-order valence-corrected chi connectivity index (χ1v) is 7.36. The third kappa shape index (κ3) is 4.16. The third-order valence-corrected chi connectivity index (χ3v) is 4.00. The molecule has 1 amide bonds. The van der Waals surface area contributed by atoms with E-state index in [-0.39, 0.29) is 12.1 Å². The predicted molar refractivity (Wildman–Crippen MR) is 71.5 cm³/mol. The van der Waals surface area contributed by atoms with Crippen LogP contribution in [0.2, 0.25) is 0 Å². The number of nitrogens with one attached hydrogen (secondary N) is 1. The molecule has 0 aromatic rings. The summed E-state index contributed by atoms with van der Waals surface area (Å²) in [6.07, 6.45) is 4.82. The van der Waals surface area contributed by atoms with Crippen LogP contribution in [0.1, 0.15) is 39.5 Å². The van der Waals surface area contributed by atoms with Crippen LogP contribution in [0, 0.1) is 11.8 Å². The number of piperidine rings is 1. The second-order valence-electron chi connectivity index (χ2n) is 5.73. The number of rotatable bonds is 5. The third-order valence-electron chi connectivity index (χ3n) is 4.00. The molecule has 0 aromatic carbocycles. The molecule has 2 rings (SSSR count). The molecule has 2 fully saturated rings. The quantitative estimate of drug-likeness (QED) is 0.818. The molecule has 1 aliphatic carbocycles. The summed E-state index contributed by atoms with van der Waals surface area (Å²) in [6, 6.07) is 0.265. The molecule has 104 valence electrons. The molecule has 1 aliphatic heterocycles. The van der Waals surface area contributed by atoms with Crippen LogP contribution in [0.3, 0.4) is 0 Å². The van der Waals surface area contributed by atoms with E-state index in [4.69, 9.17) is 4.74 Å². The highest BCUT2D eigenvalue weighted by atomic mass is 16.5. The number of hydrogen-bond donors (Lipinski definition) is 1. The molecule has 1 saturated heterocycles. The average Bonchev–Trinajstić information content (AvgIpc) is 3.12. The Labute approximate surface area is 110 Å². The summed E-state index contributed by atoms with van der Waals surface area (Å²) in [6.45, 7) is 7.94. The highest BCUT2D eigenvalue weighted by Crippen LogP contribution is 2.31. The van der Waals surface area contributed by atoms with Crippen molar-refractivity contribution in [3.63, 3.8) is 0 Å². The van der Waals surface area contributed by atoms with Crippen molar-refractivity contribution in [2.75, 3.05) is 26.2 Å². The minimum Gasteiger partial charge on any atom is -0.450 e. The normalized spacial score (nSPS) is 29.0. The first kappa shape index (κ1) is 13.7. The summed E-state index contributed by atoms with van der Waals surface area (Å²) < 4.78 is 4.97. The number of hydrogen-bond acceptors (Lipinski definition) is 3. The Morgan fingerprint density at radius 2 is 2.06 bits per heavy atom. The van der Waals surface area contributed by atoms with Gasteiger partial charge in [-0.25, -0.2) is 4.79 Å². The van der Waals surface area contributed by atoms with Crippen molar-refractivity contribution < 1.29 is 9.53 Å². The summed E-state index contributed by atoms with van der Waals surface area (Å²) >= 11 is 0. The largest absolute Gasteiger partial charge is 0.450 e. The molecule has 18 heavy (non-hydrogen) atoms. The van der Waals surface area contributed by atoms with Crippen LogP contribution in [0.15, 0.2) is 0 Å². The van der Waals surface area contributed by atoms with E-state index in [0.717, 1.165) is 18.9 Å². The van der Waals surface area contributed by atoms with Gasteiger partial charge in [-0.05, 0) is 38.0 Å². The molecule has 2 unspecified atom stereocenters. The molecular weight excluding hydrogens is 228 g/mol. The van der Waals surface area contributed by atoms with Crippen LogP contribution >= 0.6 is 0 Å². The van der Waals surface area contributed by atoms with E-state index in [1.807, 2.05) is 6.92 Å². The fraction of sp³-hybridized carbons (Fsp3) is 0.929. The summed E-state index contributed by atoms with van der Waals surface area (Å²) in [5, 5.41) is 3.00. The molecule has 0 bridgehead atoms. The molecule has 4 nitrogen and oxygen atoms in total. The maximum atomic E-state index is 11.5. The molecule has 0 aromatic heterocycles. The van der Waals surface area contributed by atoms with Gasteiger partial charge >= 0.3 is 6.09 Å². The highest BCUT2D eigenvalue weighted by Gasteiger charge is 2.31. The topological polar surface area (TPSA) is 41.6 Å². The number of ether oxygens (including phenoxy) is 1. The van der Waals surface area contributed by atoms with Crippen LogP contribution in [0.25, 0.3) is 0 Å². The van der Waals surface area contributed by atoms with Gasteiger partial charge in [0.25, 0.3) is 0 Å². The van der Waals surface area contributed by atoms with Crippen molar-refractivity contribution in [3.8, 4) is 0 Å². The van der Waals surface area contributed by atoms with E-state index < -0.39 is 0 Å². The minimum atomic E-state index is -0.259. The number of nitrogens with zero attached hydrogens (tertiary/aromatic N) is 1. The lowest BCUT2D eigenvalue weighted by atomic mass is 9.92. The van der Waals surface area contributed by atoms with Gasteiger partial charge in [0.2, 0.25) is 0 Å². The van der Waals surface area contributed by atoms with Gasteiger partial charge in [0, 0.05) is 25.7 Å². The zero-order chi connectivity index (χ0) is 13.0. The average molecular weight is 254 g/mol. The van der Waals surface area contributed by atoms with E-state index in [0.29, 0.717) is 12.5 Å². The molecule has 1 heterocycles. The maximum absolute atomic E-state index is 11.5. The van der Waals surface area contributed by atoms with Gasteiger partial charge in [0.05, 0.1) is 6.61 Å². The Morgan fingerprint density at radius 3 is 2.67 bits per heavy atom. The van der Waals surface area contributed by atoms with Gasteiger partial charge in [-0.2, -0.15) is 0 Å². The lowest BCUT2D eigenvalue weighted by Gasteiger charge is -2.37. The Bertz CT molecular complexity index is 279. The lowest BCUT2D eigenvalue weighted by molar-refractivity contribution is 0.113. The van der Waals surface area contributed by atoms with Crippen LogP contribution in [-0.4, -0.2) is 43.3 Å². The van der Waals surface area contributed by atoms with E-state index in [1.165, 1.54) is 32.4 Å². The Balaban J connectivity index is 1.82. The summed E-state index contributed by atoms with van der Waals surface area (Å²) in [5.41, 5.74) is 0. The van der Waals surface area contributed by atoms with Crippen molar-refractivity contribution in [1.82, 2.24) is 10.2 Å². The second kappa shape index (κ2) is 6.41. The zero-order valence-electron chi connectivity index (χ0n) is 11.7. The molecule has 4 heteroatoms. The highest BCUT2D eigenvalue weighted by molar-refractivity contribution is 5.67. The van der Waals surface area contributed by atoms with E-state index in [2.05, 4.69) is 17.1 Å². The lowest BCUT2D eigenvalue weighted by Crippen LogP contribution is -2.51. The molecule has 0 spiro atoms.